The minimum absolute atomic E-state index is 0. The maximum absolute atomic E-state index is 11.3. The van der Waals surface area contributed by atoms with E-state index in [1.54, 1.807) is 12.1 Å². The molecule has 0 aromatic heterocycles. The van der Waals surface area contributed by atoms with Crippen LogP contribution in [-0.2, 0) is 10.1 Å². The van der Waals surface area contributed by atoms with Gasteiger partial charge in [0.2, 0.25) is 0 Å². The van der Waals surface area contributed by atoms with Gasteiger partial charge in [-0.15, -0.1) is 0 Å². The van der Waals surface area contributed by atoms with E-state index in [0.29, 0.717) is 11.4 Å². The molecule has 24 heavy (non-hydrogen) atoms. The number of hydrogen-bond donors (Lipinski definition) is 2. The smallest absolute Gasteiger partial charge is 0.744 e. The van der Waals surface area contributed by atoms with Gasteiger partial charge in [0, 0.05) is 0 Å². The molecule has 2 N–H and O–H groups in total. The van der Waals surface area contributed by atoms with E-state index in [1.165, 1.54) is 51.0 Å². The largest absolute Gasteiger partial charge is 1.00 e. The zero-order valence-electron chi connectivity index (χ0n) is 14.8. The normalized spacial score (nSPS) is 16.0. The third-order valence-electron chi connectivity index (χ3n) is 4.29. The van der Waals surface area contributed by atoms with Gasteiger partial charge in [0.15, 0.2) is 0 Å². The summed E-state index contributed by atoms with van der Waals surface area (Å²) in [5.74, 6) is 0. The molecule has 2 rings (SSSR count). The van der Waals surface area contributed by atoms with E-state index in [1.807, 2.05) is 0 Å². The average molecular weight is 362 g/mol. The van der Waals surface area contributed by atoms with Gasteiger partial charge in [0.25, 0.3) is 0 Å². The maximum Gasteiger partial charge on any atom is 1.00 e. The second kappa shape index (κ2) is 10.7. The fourth-order valence-corrected chi connectivity index (χ4v) is 3.70. The van der Waals surface area contributed by atoms with Crippen molar-refractivity contribution in [3.8, 4) is 0 Å². The minimum Gasteiger partial charge on any atom is -0.744 e. The first-order valence-corrected chi connectivity index (χ1v) is 10.0. The van der Waals surface area contributed by atoms with Gasteiger partial charge >= 0.3 is 29.6 Å². The molecular formula is C17H27N2NaO3S. The first-order valence-electron chi connectivity index (χ1n) is 8.64. The van der Waals surface area contributed by atoms with Gasteiger partial charge in [-0.3, -0.25) is 0 Å². The van der Waals surface area contributed by atoms with Crippen molar-refractivity contribution < 1.29 is 42.5 Å². The topological polar surface area (TPSA) is 81.3 Å². The molecule has 0 amide bonds. The van der Waals surface area contributed by atoms with Crippen molar-refractivity contribution in [2.45, 2.75) is 75.8 Å². The van der Waals surface area contributed by atoms with E-state index >= 15 is 0 Å². The summed E-state index contributed by atoms with van der Waals surface area (Å²) in [6, 6.07) is 4.75. The molecule has 0 saturated carbocycles. The van der Waals surface area contributed by atoms with Crippen LogP contribution in [0.3, 0.4) is 0 Å². The minimum atomic E-state index is -4.44. The van der Waals surface area contributed by atoms with Crippen LogP contribution >= 0.6 is 0 Å². The summed E-state index contributed by atoms with van der Waals surface area (Å²) >= 11 is 0. The summed E-state index contributed by atoms with van der Waals surface area (Å²) in [6.45, 7) is 2.23. The summed E-state index contributed by atoms with van der Waals surface area (Å²) < 4.78 is 33.8. The Kier molecular flexibility index (Phi) is 9.67. The summed E-state index contributed by atoms with van der Waals surface area (Å²) in [5.41, 5.74) is 1.12. The molecule has 1 atom stereocenters. The van der Waals surface area contributed by atoms with Crippen molar-refractivity contribution in [1.82, 2.24) is 0 Å². The quantitative estimate of drug-likeness (QED) is 0.372. The maximum atomic E-state index is 11.3. The Morgan fingerprint density at radius 1 is 1.00 bits per heavy atom. The third kappa shape index (κ3) is 6.56. The molecule has 1 aliphatic heterocycles. The van der Waals surface area contributed by atoms with Crippen LogP contribution in [0.2, 0.25) is 0 Å². The van der Waals surface area contributed by atoms with E-state index in [-0.39, 0.29) is 40.6 Å². The molecule has 5 nitrogen and oxygen atoms in total. The van der Waals surface area contributed by atoms with Gasteiger partial charge in [-0.25, -0.2) is 8.42 Å². The number of fused-ring (bicyclic) bond motifs is 1. The number of anilines is 2. The fourth-order valence-electron chi connectivity index (χ4n) is 3.03. The van der Waals surface area contributed by atoms with E-state index in [0.717, 1.165) is 12.8 Å². The zero-order chi connectivity index (χ0) is 16.7. The molecule has 1 aromatic rings. The van der Waals surface area contributed by atoms with Crippen molar-refractivity contribution in [2.75, 3.05) is 10.6 Å². The number of benzene rings is 1. The van der Waals surface area contributed by atoms with Crippen LogP contribution in [0.15, 0.2) is 23.1 Å². The van der Waals surface area contributed by atoms with Crippen LogP contribution in [0.25, 0.3) is 0 Å². The van der Waals surface area contributed by atoms with Crippen LogP contribution in [0, 0.1) is 0 Å². The second-order valence-corrected chi connectivity index (χ2v) is 7.59. The first-order chi connectivity index (χ1) is 11.0. The van der Waals surface area contributed by atoms with Gasteiger partial charge in [0.05, 0.1) is 22.4 Å². The molecule has 0 aliphatic carbocycles. The Hall–Kier alpha value is -0.270. The van der Waals surface area contributed by atoms with Crippen LogP contribution in [0.1, 0.15) is 64.7 Å². The summed E-state index contributed by atoms with van der Waals surface area (Å²) in [5, 5.41) is 6.39. The number of nitrogens with one attached hydrogen (secondary N) is 2. The number of unbranched alkanes of at least 4 members (excludes halogenated alkanes) is 7. The monoisotopic (exact) mass is 362 g/mol. The Balaban J connectivity index is 0.00000288. The van der Waals surface area contributed by atoms with Crippen LogP contribution in [-0.4, -0.2) is 19.1 Å². The Labute approximate surface area is 168 Å². The van der Waals surface area contributed by atoms with Gasteiger partial charge in [0.1, 0.15) is 10.1 Å². The predicted molar refractivity (Wildman–Crippen MR) is 92.7 cm³/mol. The number of hydrogen-bond acceptors (Lipinski definition) is 5. The summed E-state index contributed by atoms with van der Waals surface area (Å²) in [7, 11) is -4.44. The van der Waals surface area contributed by atoms with E-state index < -0.39 is 10.1 Å². The van der Waals surface area contributed by atoms with Crippen molar-refractivity contribution in [2.24, 2.45) is 0 Å². The average Bonchev–Trinajstić information content (AvgIpc) is 2.91. The van der Waals surface area contributed by atoms with E-state index in [4.69, 9.17) is 0 Å². The molecule has 0 radical (unpaired) electrons. The van der Waals surface area contributed by atoms with Crippen molar-refractivity contribution in [1.29, 1.82) is 0 Å². The Morgan fingerprint density at radius 2 is 1.62 bits per heavy atom. The molecular weight excluding hydrogens is 335 g/mol. The molecule has 0 fully saturated rings. The van der Waals surface area contributed by atoms with Crippen molar-refractivity contribution in [3.05, 3.63) is 18.2 Å². The standard InChI is InChI=1S/C17H28N2O3S.Na/c1-2-3-4-5-6-7-8-9-13-16-18-14-11-10-12-15(17(14)19-16)23(20,21)22;/h10-12,16,18-19H,2-9,13H2,1H3,(H,20,21,22);/q;+1/p-1. The van der Waals surface area contributed by atoms with Crippen molar-refractivity contribution in [3.63, 3.8) is 0 Å². The zero-order valence-corrected chi connectivity index (χ0v) is 17.6. The third-order valence-corrected chi connectivity index (χ3v) is 5.17. The molecule has 0 bridgehead atoms. The number of para-hydroxylation sites is 1. The number of rotatable bonds is 10. The van der Waals surface area contributed by atoms with E-state index in [9.17, 15) is 13.0 Å². The Morgan fingerprint density at radius 3 is 2.25 bits per heavy atom. The molecule has 130 valence electrons. The van der Waals surface area contributed by atoms with Crippen molar-refractivity contribution >= 4 is 21.5 Å². The SMILES string of the molecule is CCCCCCCCCCC1Nc2cccc(S(=O)(=O)[O-])c2N1.[Na+]. The van der Waals surface area contributed by atoms with E-state index in [2.05, 4.69) is 17.6 Å². The molecule has 1 aliphatic rings. The van der Waals surface area contributed by atoms with Gasteiger partial charge in [-0.2, -0.15) is 0 Å². The van der Waals surface area contributed by atoms with Gasteiger partial charge in [-0.1, -0.05) is 57.9 Å². The van der Waals surface area contributed by atoms with Crippen LogP contribution in [0.4, 0.5) is 11.4 Å². The molecule has 7 heteroatoms. The van der Waals surface area contributed by atoms with Gasteiger partial charge < -0.3 is 15.2 Å². The molecule has 0 saturated heterocycles. The summed E-state index contributed by atoms with van der Waals surface area (Å²) in [6.07, 6.45) is 11.0. The molecule has 1 unspecified atom stereocenters. The molecule has 1 heterocycles. The second-order valence-electron chi connectivity index (χ2n) is 6.24. The first kappa shape index (κ1) is 21.8. The molecule has 0 spiro atoms. The van der Waals surface area contributed by atoms with Crippen LogP contribution in [0.5, 0.6) is 0 Å². The molecule has 1 aromatic carbocycles. The fraction of sp³-hybridized carbons (Fsp3) is 0.647. The summed E-state index contributed by atoms with van der Waals surface area (Å²) in [4.78, 5) is -0.166. The predicted octanol–water partition coefficient (Wildman–Crippen LogP) is 1.29. The van der Waals surface area contributed by atoms with Crippen LogP contribution < -0.4 is 40.2 Å². The van der Waals surface area contributed by atoms with Gasteiger partial charge in [-0.05, 0) is 25.0 Å². The Bertz CT molecular complexity index is 608.